The van der Waals surface area contributed by atoms with Crippen molar-refractivity contribution in [2.24, 2.45) is 5.73 Å². The number of carbonyl (C=O) groups is 2. The molecule has 0 saturated carbocycles. The minimum Gasteiger partial charge on any atom is -0.361 e. The summed E-state index contributed by atoms with van der Waals surface area (Å²) < 4.78 is 0.975. The molecule has 7 heteroatoms. The Kier molecular flexibility index (Phi) is 5.46. The van der Waals surface area contributed by atoms with Gasteiger partial charge in [-0.15, -0.1) is 0 Å². The van der Waals surface area contributed by atoms with Gasteiger partial charge in [-0.1, -0.05) is 37.3 Å². The van der Waals surface area contributed by atoms with E-state index in [0.29, 0.717) is 18.2 Å². The minimum absolute atomic E-state index is 0.392. The fourth-order valence-corrected chi connectivity index (χ4v) is 3.16. The Hall–Kier alpha value is -1.99. The van der Waals surface area contributed by atoms with E-state index in [1.54, 1.807) is 0 Å². The van der Waals surface area contributed by atoms with Gasteiger partial charge in [0.2, 0.25) is 0 Å². The number of rotatable bonds is 6. The maximum Gasteiger partial charge on any atom is 0.317 e. The number of primary amides is 1. The Balaban J connectivity index is 2.27. The van der Waals surface area contributed by atoms with Crippen LogP contribution in [0.1, 0.15) is 13.8 Å². The first-order valence-corrected chi connectivity index (χ1v) is 8.07. The lowest BCUT2D eigenvalue weighted by molar-refractivity contribution is -0.135. The van der Waals surface area contributed by atoms with Crippen molar-refractivity contribution < 1.29 is 9.59 Å². The number of amides is 2. The van der Waals surface area contributed by atoms with Crippen molar-refractivity contribution >= 4 is 38.5 Å². The van der Waals surface area contributed by atoms with Gasteiger partial charge in [0.15, 0.2) is 5.13 Å². The lowest BCUT2D eigenvalue weighted by Gasteiger charge is -2.23. The maximum absolute atomic E-state index is 12.1. The van der Waals surface area contributed by atoms with Crippen LogP contribution < -0.4 is 10.6 Å². The Morgan fingerprint density at radius 3 is 2.45 bits per heavy atom. The van der Waals surface area contributed by atoms with E-state index < -0.39 is 11.8 Å². The van der Waals surface area contributed by atoms with Crippen molar-refractivity contribution in [2.45, 2.75) is 13.8 Å². The number of benzene rings is 1. The van der Waals surface area contributed by atoms with Crippen LogP contribution >= 0.6 is 11.3 Å². The number of hydrogen-bond acceptors (Lipinski definition) is 5. The van der Waals surface area contributed by atoms with E-state index >= 15 is 0 Å². The van der Waals surface area contributed by atoms with Gasteiger partial charge in [-0.2, -0.15) is 0 Å². The molecule has 0 aliphatic heterocycles. The standard InChI is InChI=1S/C15H20N4O2S/c1-3-18(4-2)9-10-19(14(21)13(16)20)15-17-11-7-5-6-8-12(11)22-15/h5-8H,3-4,9-10H2,1-2H3,(H2,16,20). The van der Waals surface area contributed by atoms with E-state index in [0.717, 1.165) is 23.3 Å². The van der Waals surface area contributed by atoms with Gasteiger partial charge in [0.1, 0.15) is 0 Å². The molecule has 0 atom stereocenters. The van der Waals surface area contributed by atoms with E-state index in [1.807, 2.05) is 24.3 Å². The van der Waals surface area contributed by atoms with E-state index in [2.05, 4.69) is 23.7 Å². The van der Waals surface area contributed by atoms with Crippen LogP contribution in [0.3, 0.4) is 0 Å². The van der Waals surface area contributed by atoms with E-state index in [4.69, 9.17) is 5.73 Å². The summed E-state index contributed by atoms with van der Waals surface area (Å²) in [5.74, 6) is -1.68. The molecule has 2 amide bonds. The summed E-state index contributed by atoms with van der Waals surface area (Å²) in [5, 5.41) is 0.511. The van der Waals surface area contributed by atoms with E-state index in [9.17, 15) is 9.59 Å². The van der Waals surface area contributed by atoms with Crippen LogP contribution in [0.2, 0.25) is 0 Å². The fourth-order valence-electron chi connectivity index (χ4n) is 2.17. The predicted molar refractivity (Wildman–Crippen MR) is 89.0 cm³/mol. The molecule has 0 aliphatic rings. The van der Waals surface area contributed by atoms with Crippen LogP contribution in [0.25, 0.3) is 10.2 Å². The summed E-state index contributed by atoms with van der Waals surface area (Å²) in [7, 11) is 0. The van der Waals surface area contributed by atoms with Crippen LogP contribution in [0.4, 0.5) is 5.13 Å². The molecule has 0 aliphatic carbocycles. The molecule has 0 spiro atoms. The fraction of sp³-hybridized carbons (Fsp3) is 0.400. The number of nitrogens with zero attached hydrogens (tertiary/aromatic N) is 3. The number of hydrogen-bond donors (Lipinski definition) is 1. The molecule has 118 valence electrons. The highest BCUT2D eigenvalue weighted by Gasteiger charge is 2.24. The summed E-state index contributed by atoms with van der Waals surface area (Å²) in [6, 6.07) is 7.63. The van der Waals surface area contributed by atoms with Crippen LogP contribution in [0, 0.1) is 0 Å². The largest absolute Gasteiger partial charge is 0.361 e. The van der Waals surface area contributed by atoms with Crippen molar-refractivity contribution in [3.05, 3.63) is 24.3 Å². The van der Waals surface area contributed by atoms with Crippen molar-refractivity contribution in [1.29, 1.82) is 0 Å². The minimum atomic E-state index is -0.959. The zero-order valence-corrected chi connectivity index (χ0v) is 13.6. The molecule has 1 heterocycles. The molecule has 0 bridgehead atoms. The third kappa shape index (κ3) is 3.61. The van der Waals surface area contributed by atoms with Crippen LogP contribution in [-0.4, -0.2) is 47.9 Å². The molecule has 6 nitrogen and oxygen atoms in total. The topological polar surface area (TPSA) is 79.5 Å². The molecular formula is C15H20N4O2S. The zero-order valence-electron chi connectivity index (χ0n) is 12.8. The lowest BCUT2D eigenvalue weighted by atomic mass is 10.3. The van der Waals surface area contributed by atoms with Gasteiger partial charge in [0, 0.05) is 13.1 Å². The predicted octanol–water partition coefficient (Wildman–Crippen LogP) is 1.46. The molecule has 0 radical (unpaired) electrons. The highest BCUT2D eigenvalue weighted by atomic mass is 32.1. The third-order valence-electron chi connectivity index (χ3n) is 3.50. The number of anilines is 1. The number of likely N-dealkylation sites (N-methyl/N-ethyl adjacent to an activating group) is 1. The monoisotopic (exact) mass is 320 g/mol. The highest BCUT2D eigenvalue weighted by molar-refractivity contribution is 7.22. The lowest BCUT2D eigenvalue weighted by Crippen LogP contribution is -2.44. The van der Waals surface area contributed by atoms with Crippen molar-refractivity contribution in [3.8, 4) is 0 Å². The molecule has 2 aromatic rings. The van der Waals surface area contributed by atoms with Crippen LogP contribution in [-0.2, 0) is 9.59 Å². The van der Waals surface area contributed by atoms with Gasteiger partial charge in [-0.3, -0.25) is 14.5 Å². The van der Waals surface area contributed by atoms with Gasteiger partial charge in [0.05, 0.1) is 10.2 Å². The first-order chi connectivity index (χ1) is 10.6. The summed E-state index contributed by atoms with van der Waals surface area (Å²) in [4.78, 5) is 31.4. The summed E-state index contributed by atoms with van der Waals surface area (Å²) in [6.07, 6.45) is 0. The number of nitrogens with two attached hydrogens (primary N) is 1. The first kappa shape index (κ1) is 16.4. The Bertz CT molecular complexity index is 633. The normalized spacial score (nSPS) is 11.0. The number of fused-ring (bicyclic) bond motifs is 1. The van der Waals surface area contributed by atoms with E-state index in [1.165, 1.54) is 16.2 Å². The molecule has 2 N–H and O–H groups in total. The smallest absolute Gasteiger partial charge is 0.317 e. The van der Waals surface area contributed by atoms with E-state index in [-0.39, 0.29) is 0 Å². The summed E-state index contributed by atoms with van der Waals surface area (Å²) >= 11 is 1.39. The number of para-hydroxylation sites is 1. The molecule has 0 unspecified atom stereocenters. The van der Waals surface area contributed by atoms with Gasteiger partial charge >= 0.3 is 11.8 Å². The van der Waals surface area contributed by atoms with Crippen LogP contribution in [0.5, 0.6) is 0 Å². The SMILES string of the molecule is CCN(CC)CCN(C(=O)C(N)=O)c1nc2ccccc2s1. The molecule has 22 heavy (non-hydrogen) atoms. The Morgan fingerprint density at radius 2 is 1.86 bits per heavy atom. The van der Waals surface area contributed by atoms with Crippen molar-refractivity contribution in [2.75, 3.05) is 31.1 Å². The molecule has 2 rings (SSSR count). The third-order valence-corrected chi connectivity index (χ3v) is 4.56. The number of aromatic nitrogens is 1. The van der Waals surface area contributed by atoms with Gasteiger partial charge in [-0.25, -0.2) is 4.98 Å². The Morgan fingerprint density at radius 1 is 1.18 bits per heavy atom. The molecule has 0 fully saturated rings. The van der Waals surface area contributed by atoms with Gasteiger partial charge in [0.25, 0.3) is 0 Å². The molecule has 1 aromatic carbocycles. The molecule has 1 aromatic heterocycles. The van der Waals surface area contributed by atoms with Crippen molar-refractivity contribution in [3.63, 3.8) is 0 Å². The Labute approximate surface area is 133 Å². The molecule has 0 saturated heterocycles. The first-order valence-electron chi connectivity index (χ1n) is 7.26. The summed E-state index contributed by atoms with van der Waals surface area (Å²) in [5.41, 5.74) is 5.99. The second kappa shape index (κ2) is 7.33. The van der Waals surface area contributed by atoms with Crippen LogP contribution in [0.15, 0.2) is 24.3 Å². The highest BCUT2D eigenvalue weighted by Crippen LogP contribution is 2.28. The van der Waals surface area contributed by atoms with Crippen molar-refractivity contribution in [1.82, 2.24) is 9.88 Å². The van der Waals surface area contributed by atoms with Gasteiger partial charge < -0.3 is 10.6 Å². The number of carbonyl (C=O) groups excluding carboxylic acids is 2. The maximum atomic E-state index is 12.1. The number of thiazole rings is 1. The molecular weight excluding hydrogens is 300 g/mol. The van der Waals surface area contributed by atoms with Gasteiger partial charge in [-0.05, 0) is 25.2 Å². The average molecular weight is 320 g/mol. The second-order valence-electron chi connectivity index (χ2n) is 4.81. The second-order valence-corrected chi connectivity index (χ2v) is 5.82. The zero-order chi connectivity index (χ0) is 16.1. The average Bonchev–Trinajstić information content (AvgIpc) is 2.94. The summed E-state index contributed by atoms with van der Waals surface area (Å²) in [6.45, 7) is 6.94. The quantitative estimate of drug-likeness (QED) is 0.817.